The van der Waals surface area contributed by atoms with Gasteiger partial charge in [0.15, 0.2) is 5.69 Å². The Morgan fingerprint density at radius 2 is 1.90 bits per heavy atom. The number of benzene rings is 1. The lowest BCUT2D eigenvalue weighted by molar-refractivity contribution is 0.0595. The Balaban J connectivity index is 1.34. The van der Waals surface area contributed by atoms with E-state index in [1.807, 2.05) is 49.9 Å². The molecule has 160 valence electrons. The van der Waals surface area contributed by atoms with Crippen molar-refractivity contribution in [3.63, 3.8) is 0 Å². The van der Waals surface area contributed by atoms with Gasteiger partial charge >= 0.3 is 0 Å². The van der Waals surface area contributed by atoms with Crippen molar-refractivity contribution in [2.24, 2.45) is 5.73 Å². The van der Waals surface area contributed by atoms with Crippen molar-refractivity contribution in [3.05, 3.63) is 52.9 Å². The summed E-state index contributed by atoms with van der Waals surface area (Å²) < 4.78 is 5.28. The summed E-state index contributed by atoms with van der Waals surface area (Å²) >= 11 is 0. The fraction of sp³-hybridized carbons (Fsp3) is 0.522. The van der Waals surface area contributed by atoms with E-state index < -0.39 is 5.54 Å². The van der Waals surface area contributed by atoms with Crippen LogP contribution in [0.3, 0.4) is 0 Å². The molecule has 2 fully saturated rings. The van der Waals surface area contributed by atoms with Crippen LogP contribution in [0.15, 0.2) is 34.9 Å². The zero-order chi connectivity index (χ0) is 21.5. The zero-order valence-corrected chi connectivity index (χ0v) is 17.9. The van der Waals surface area contributed by atoms with Gasteiger partial charge in [0.05, 0.1) is 0 Å². The molecule has 30 heavy (non-hydrogen) atoms. The summed E-state index contributed by atoms with van der Waals surface area (Å²) in [5.74, 6) is 1.04. The molecule has 2 aromatic rings. The van der Waals surface area contributed by atoms with Crippen molar-refractivity contribution in [2.45, 2.75) is 70.0 Å². The molecule has 1 aromatic heterocycles. The molecule has 1 saturated carbocycles. The number of likely N-dealkylation sites (tertiary alicyclic amines) is 1. The average molecular weight is 411 g/mol. The van der Waals surface area contributed by atoms with Crippen LogP contribution in [0.4, 0.5) is 0 Å². The fourth-order valence-electron chi connectivity index (χ4n) is 4.03. The van der Waals surface area contributed by atoms with E-state index in [2.05, 4.69) is 10.5 Å². The number of piperidine rings is 1. The van der Waals surface area contributed by atoms with Crippen LogP contribution in [-0.2, 0) is 5.54 Å². The molecule has 3 N–H and O–H groups in total. The van der Waals surface area contributed by atoms with Gasteiger partial charge in [-0.2, -0.15) is 0 Å². The summed E-state index contributed by atoms with van der Waals surface area (Å²) in [5.41, 5.74) is 7.68. The van der Waals surface area contributed by atoms with E-state index in [9.17, 15) is 9.59 Å². The first kappa shape index (κ1) is 20.6. The monoisotopic (exact) mass is 410 g/mol. The normalized spacial score (nSPS) is 22.1. The smallest absolute Gasteiger partial charge is 0.273 e. The Kier molecular flexibility index (Phi) is 5.40. The second kappa shape index (κ2) is 7.87. The Morgan fingerprint density at radius 1 is 1.20 bits per heavy atom. The fourth-order valence-corrected chi connectivity index (χ4v) is 4.03. The molecule has 1 aliphatic heterocycles. The lowest BCUT2D eigenvalue weighted by atomic mass is 9.94. The predicted molar refractivity (Wildman–Crippen MR) is 113 cm³/mol. The van der Waals surface area contributed by atoms with Crippen LogP contribution in [0.1, 0.15) is 84.5 Å². The van der Waals surface area contributed by atoms with Crippen LogP contribution in [0.2, 0.25) is 0 Å². The lowest BCUT2D eigenvalue weighted by Gasteiger charge is -2.38. The van der Waals surface area contributed by atoms with Crippen LogP contribution in [0, 0.1) is 0 Å². The molecular weight excluding hydrogens is 380 g/mol. The third-order valence-electron chi connectivity index (χ3n) is 6.09. The standard InChI is InChI=1S/C23H30N4O3/c1-14-12-18(25-21(28)19-13-20(30-26-19)15-4-5-15)10-11-27(14)22(29)16-6-8-17(9-7-16)23(2,3)24/h6-9,13-15,18H,4-5,10-12,24H2,1-3H3,(H,25,28)/t14-,18+/m1/s1. The van der Waals surface area contributed by atoms with Crippen molar-refractivity contribution in [2.75, 3.05) is 6.54 Å². The SMILES string of the molecule is C[C@@H]1C[C@@H](NC(=O)c2cc(C3CC3)on2)CCN1C(=O)c1ccc(C(C)(C)N)cc1. The van der Waals surface area contributed by atoms with Gasteiger partial charge in [-0.15, -0.1) is 0 Å². The highest BCUT2D eigenvalue weighted by Gasteiger charge is 2.32. The molecule has 7 heteroatoms. The van der Waals surface area contributed by atoms with Gasteiger partial charge in [0.1, 0.15) is 5.76 Å². The maximum absolute atomic E-state index is 13.0. The highest BCUT2D eigenvalue weighted by atomic mass is 16.5. The number of hydrogen-bond donors (Lipinski definition) is 2. The maximum atomic E-state index is 13.0. The van der Waals surface area contributed by atoms with Gasteiger partial charge in [0.25, 0.3) is 11.8 Å². The number of nitrogens with two attached hydrogens (primary N) is 1. The van der Waals surface area contributed by atoms with Crippen LogP contribution >= 0.6 is 0 Å². The summed E-state index contributed by atoms with van der Waals surface area (Å²) in [4.78, 5) is 27.4. The third-order valence-corrected chi connectivity index (χ3v) is 6.09. The third kappa shape index (κ3) is 4.41. The van der Waals surface area contributed by atoms with Gasteiger partial charge in [0.2, 0.25) is 0 Å². The van der Waals surface area contributed by atoms with Crippen molar-refractivity contribution in [1.82, 2.24) is 15.4 Å². The largest absolute Gasteiger partial charge is 0.360 e. The van der Waals surface area contributed by atoms with E-state index in [1.165, 1.54) is 0 Å². The first-order chi connectivity index (χ1) is 14.2. The van der Waals surface area contributed by atoms with Gasteiger partial charge < -0.3 is 20.5 Å². The molecule has 2 heterocycles. The second-order valence-electron chi connectivity index (χ2n) is 9.23. The summed E-state index contributed by atoms with van der Waals surface area (Å²) in [6, 6.07) is 9.31. The quantitative estimate of drug-likeness (QED) is 0.788. The minimum Gasteiger partial charge on any atom is -0.360 e. The summed E-state index contributed by atoms with van der Waals surface area (Å²) in [5, 5.41) is 6.96. The molecule has 2 amide bonds. The molecule has 0 unspecified atom stereocenters. The molecule has 1 aromatic carbocycles. The molecule has 1 aliphatic carbocycles. The van der Waals surface area contributed by atoms with Crippen LogP contribution in [-0.4, -0.2) is 40.5 Å². The molecule has 2 atom stereocenters. The Morgan fingerprint density at radius 3 is 2.50 bits per heavy atom. The van der Waals surface area contributed by atoms with E-state index in [0.717, 1.165) is 24.2 Å². The minimum absolute atomic E-state index is 0.0121. The van der Waals surface area contributed by atoms with Crippen molar-refractivity contribution in [3.8, 4) is 0 Å². The first-order valence-electron chi connectivity index (χ1n) is 10.7. The Labute approximate surface area is 177 Å². The molecule has 4 rings (SSSR count). The average Bonchev–Trinajstić information content (AvgIpc) is 3.43. The van der Waals surface area contributed by atoms with Gasteiger partial charge in [0, 0.05) is 41.7 Å². The van der Waals surface area contributed by atoms with Crippen molar-refractivity contribution in [1.29, 1.82) is 0 Å². The number of hydrogen-bond acceptors (Lipinski definition) is 5. The number of rotatable bonds is 5. The van der Waals surface area contributed by atoms with E-state index >= 15 is 0 Å². The van der Waals surface area contributed by atoms with Crippen LogP contribution < -0.4 is 11.1 Å². The molecule has 1 saturated heterocycles. The van der Waals surface area contributed by atoms with E-state index in [1.54, 1.807) is 6.07 Å². The number of amides is 2. The predicted octanol–water partition coefficient (Wildman–Crippen LogP) is 3.17. The van der Waals surface area contributed by atoms with Crippen molar-refractivity contribution >= 4 is 11.8 Å². The lowest BCUT2D eigenvalue weighted by Crippen LogP contribution is -2.51. The molecular formula is C23H30N4O3. The van der Waals surface area contributed by atoms with Gasteiger partial charge in [-0.05, 0) is 64.2 Å². The van der Waals surface area contributed by atoms with Gasteiger partial charge in [-0.1, -0.05) is 17.3 Å². The number of carbonyl (C=O) groups excluding carboxylic acids is 2. The molecule has 2 aliphatic rings. The number of aromatic nitrogens is 1. The van der Waals surface area contributed by atoms with Crippen LogP contribution in [0.5, 0.6) is 0 Å². The summed E-state index contributed by atoms with van der Waals surface area (Å²) in [6.07, 6.45) is 3.63. The maximum Gasteiger partial charge on any atom is 0.273 e. The molecule has 0 spiro atoms. The number of nitrogens with one attached hydrogen (secondary N) is 1. The topological polar surface area (TPSA) is 101 Å². The first-order valence-corrected chi connectivity index (χ1v) is 10.7. The zero-order valence-electron chi connectivity index (χ0n) is 17.9. The summed E-state index contributed by atoms with van der Waals surface area (Å²) in [6.45, 7) is 6.50. The van der Waals surface area contributed by atoms with Gasteiger partial charge in [-0.3, -0.25) is 9.59 Å². The molecule has 7 nitrogen and oxygen atoms in total. The van der Waals surface area contributed by atoms with Crippen LogP contribution in [0.25, 0.3) is 0 Å². The van der Waals surface area contributed by atoms with E-state index in [0.29, 0.717) is 36.6 Å². The number of carbonyl (C=O) groups is 2. The van der Waals surface area contributed by atoms with Gasteiger partial charge in [-0.25, -0.2) is 0 Å². The Hall–Kier alpha value is -2.67. The number of nitrogens with zero attached hydrogens (tertiary/aromatic N) is 2. The Bertz CT molecular complexity index is 925. The minimum atomic E-state index is -0.436. The highest BCUT2D eigenvalue weighted by Crippen LogP contribution is 2.40. The molecule has 0 bridgehead atoms. The summed E-state index contributed by atoms with van der Waals surface area (Å²) in [7, 11) is 0. The van der Waals surface area contributed by atoms with E-state index in [-0.39, 0.29) is 23.9 Å². The second-order valence-corrected chi connectivity index (χ2v) is 9.23. The molecule has 0 radical (unpaired) electrons. The highest BCUT2D eigenvalue weighted by molar-refractivity contribution is 5.95. The van der Waals surface area contributed by atoms with Crippen molar-refractivity contribution < 1.29 is 14.1 Å². The van der Waals surface area contributed by atoms with E-state index in [4.69, 9.17) is 10.3 Å².